The van der Waals surface area contributed by atoms with Crippen LogP contribution < -0.4 is 15.5 Å². The van der Waals surface area contributed by atoms with Crippen LogP contribution in [0, 0.1) is 0 Å². The SMILES string of the molecule is O=C1CCC(=O)N1c1ccc2nc(Nc3cccc(N[C@H]4CC[C@H](O)CC4)n3)sc2c1. The van der Waals surface area contributed by atoms with E-state index in [-0.39, 0.29) is 30.8 Å². The number of carbonyl (C=O) groups is 2. The first kappa shape index (κ1) is 19.9. The summed E-state index contributed by atoms with van der Waals surface area (Å²) in [5.74, 6) is 1.16. The zero-order chi connectivity index (χ0) is 21.4. The van der Waals surface area contributed by atoms with Crippen LogP contribution in [-0.4, -0.2) is 39.0 Å². The summed E-state index contributed by atoms with van der Waals surface area (Å²) in [6.07, 6.45) is 3.86. The van der Waals surface area contributed by atoms with E-state index in [1.807, 2.05) is 30.3 Å². The monoisotopic (exact) mass is 437 g/mol. The zero-order valence-corrected chi connectivity index (χ0v) is 17.7. The Morgan fingerprint density at radius 2 is 1.71 bits per heavy atom. The number of thiazole rings is 1. The number of anilines is 4. The number of aromatic nitrogens is 2. The first-order valence-electron chi connectivity index (χ1n) is 10.5. The van der Waals surface area contributed by atoms with Gasteiger partial charge in [0.05, 0.1) is 22.0 Å². The van der Waals surface area contributed by atoms with Crippen molar-refractivity contribution in [3.63, 3.8) is 0 Å². The molecule has 2 amide bonds. The van der Waals surface area contributed by atoms with Crippen LogP contribution in [0.3, 0.4) is 0 Å². The molecule has 5 rings (SSSR count). The van der Waals surface area contributed by atoms with E-state index in [0.29, 0.717) is 22.7 Å². The molecule has 8 nitrogen and oxygen atoms in total. The molecule has 2 aliphatic rings. The van der Waals surface area contributed by atoms with Crippen molar-refractivity contribution < 1.29 is 14.7 Å². The van der Waals surface area contributed by atoms with E-state index >= 15 is 0 Å². The number of hydrogen-bond donors (Lipinski definition) is 3. The van der Waals surface area contributed by atoms with Gasteiger partial charge in [0.1, 0.15) is 11.6 Å². The van der Waals surface area contributed by atoms with Crippen molar-refractivity contribution in [3.05, 3.63) is 36.4 Å². The molecule has 160 valence electrons. The Labute approximate surface area is 183 Å². The second kappa shape index (κ2) is 8.24. The maximum Gasteiger partial charge on any atom is 0.234 e. The number of benzene rings is 1. The summed E-state index contributed by atoms with van der Waals surface area (Å²) in [6, 6.07) is 11.5. The molecule has 9 heteroatoms. The molecule has 1 aliphatic carbocycles. The number of pyridine rings is 1. The number of amides is 2. The highest BCUT2D eigenvalue weighted by atomic mass is 32.1. The molecule has 1 saturated heterocycles. The Morgan fingerprint density at radius 3 is 2.48 bits per heavy atom. The number of aliphatic hydroxyl groups is 1. The quantitative estimate of drug-likeness (QED) is 0.521. The van der Waals surface area contributed by atoms with E-state index < -0.39 is 0 Å². The second-order valence-corrected chi connectivity index (χ2v) is 9.01. The Balaban J connectivity index is 1.31. The van der Waals surface area contributed by atoms with Crippen LogP contribution in [0.2, 0.25) is 0 Å². The predicted octanol–water partition coefficient (Wildman–Crippen LogP) is 3.80. The number of nitrogens with one attached hydrogen (secondary N) is 2. The van der Waals surface area contributed by atoms with Crippen molar-refractivity contribution in [1.29, 1.82) is 0 Å². The fraction of sp³-hybridized carbons (Fsp3) is 0.364. The molecule has 1 aromatic carbocycles. The van der Waals surface area contributed by atoms with Crippen molar-refractivity contribution in [2.75, 3.05) is 15.5 Å². The molecule has 3 aromatic rings. The standard InChI is InChI=1S/C22H23N5O3S/c28-15-7-4-13(5-8-15)23-18-2-1-3-19(25-18)26-22-24-16-9-6-14(12-17(16)31-22)27-20(29)10-11-21(27)30/h1-3,6,9,12-13,15,28H,4-5,7-8,10-11H2,(H2,23,24,25,26)/t13-,15-. The summed E-state index contributed by atoms with van der Waals surface area (Å²) in [6.45, 7) is 0. The number of imide groups is 1. The van der Waals surface area contributed by atoms with Gasteiger partial charge in [-0.15, -0.1) is 0 Å². The fourth-order valence-electron chi connectivity index (χ4n) is 4.09. The van der Waals surface area contributed by atoms with E-state index in [2.05, 4.69) is 20.6 Å². The number of aliphatic hydroxyl groups excluding tert-OH is 1. The summed E-state index contributed by atoms with van der Waals surface area (Å²) in [4.78, 5) is 34.5. The molecule has 1 aliphatic heterocycles. The average molecular weight is 438 g/mol. The predicted molar refractivity (Wildman–Crippen MR) is 121 cm³/mol. The van der Waals surface area contributed by atoms with Gasteiger partial charge in [-0.05, 0) is 56.0 Å². The third-order valence-corrected chi connectivity index (χ3v) is 6.65. The fourth-order valence-corrected chi connectivity index (χ4v) is 5.00. The van der Waals surface area contributed by atoms with Gasteiger partial charge in [-0.3, -0.25) is 14.5 Å². The van der Waals surface area contributed by atoms with E-state index in [9.17, 15) is 14.7 Å². The molecule has 0 radical (unpaired) electrons. The van der Waals surface area contributed by atoms with Gasteiger partial charge in [-0.25, -0.2) is 9.97 Å². The first-order chi connectivity index (χ1) is 15.0. The Bertz CT molecular complexity index is 1120. The minimum Gasteiger partial charge on any atom is -0.393 e. The van der Waals surface area contributed by atoms with Crippen molar-refractivity contribution in [1.82, 2.24) is 9.97 Å². The third-order valence-electron chi connectivity index (χ3n) is 5.71. The van der Waals surface area contributed by atoms with Gasteiger partial charge >= 0.3 is 0 Å². The van der Waals surface area contributed by atoms with E-state index in [0.717, 1.165) is 41.7 Å². The lowest BCUT2D eigenvalue weighted by molar-refractivity contribution is -0.121. The highest BCUT2D eigenvalue weighted by Gasteiger charge is 2.30. The highest BCUT2D eigenvalue weighted by molar-refractivity contribution is 7.22. The van der Waals surface area contributed by atoms with Gasteiger partial charge in [-0.2, -0.15) is 0 Å². The lowest BCUT2D eigenvalue weighted by Crippen LogP contribution is -2.28. The molecule has 2 aromatic heterocycles. The average Bonchev–Trinajstić information content (AvgIpc) is 3.31. The van der Waals surface area contributed by atoms with E-state index in [4.69, 9.17) is 0 Å². The Morgan fingerprint density at radius 1 is 0.968 bits per heavy atom. The number of nitrogens with zero attached hydrogens (tertiary/aromatic N) is 3. The summed E-state index contributed by atoms with van der Waals surface area (Å²) < 4.78 is 0.891. The smallest absolute Gasteiger partial charge is 0.234 e. The minimum atomic E-state index is -0.180. The molecule has 2 fully saturated rings. The molecule has 1 saturated carbocycles. The van der Waals surface area contributed by atoms with Crippen LogP contribution in [0.1, 0.15) is 38.5 Å². The number of carbonyl (C=O) groups excluding carboxylic acids is 2. The molecule has 3 N–H and O–H groups in total. The van der Waals surface area contributed by atoms with Crippen LogP contribution >= 0.6 is 11.3 Å². The molecule has 0 spiro atoms. The molecule has 0 unspecified atom stereocenters. The molecule has 0 atom stereocenters. The lowest BCUT2D eigenvalue weighted by Gasteiger charge is -2.26. The number of fused-ring (bicyclic) bond motifs is 1. The van der Waals surface area contributed by atoms with E-state index in [1.54, 1.807) is 6.07 Å². The van der Waals surface area contributed by atoms with Crippen LogP contribution in [0.15, 0.2) is 36.4 Å². The van der Waals surface area contributed by atoms with Crippen LogP contribution in [0.25, 0.3) is 10.2 Å². The molecule has 31 heavy (non-hydrogen) atoms. The van der Waals surface area contributed by atoms with Gasteiger partial charge in [0, 0.05) is 18.9 Å². The Kier molecular flexibility index (Phi) is 5.29. The zero-order valence-electron chi connectivity index (χ0n) is 16.9. The van der Waals surface area contributed by atoms with Crippen molar-refractivity contribution in [2.45, 2.75) is 50.7 Å². The maximum atomic E-state index is 12.0. The minimum absolute atomic E-state index is 0.159. The largest absolute Gasteiger partial charge is 0.393 e. The molecular formula is C22H23N5O3S. The summed E-state index contributed by atoms with van der Waals surface area (Å²) in [5.41, 5.74) is 1.39. The van der Waals surface area contributed by atoms with E-state index in [1.165, 1.54) is 16.2 Å². The lowest BCUT2D eigenvalue weighted by atomic mass is 9.93. The summed E-state index contributed by atoms with van der Waals surface area (Å²) >= 11 is 1.45. The van der Waals surface area contributed by atoms with Crippen LogP contribution in [0.5, 0.6) is 0 Å². The summed E-state index contributed by atoms with van der Waals surface area (Å²) in [7, 11) is 0. The number of rotatable bonds is 5. The normalized spacial score (nSPS) is 21.6. The topological polar surface area (TPSA) is 107 Å². The third kappa shape index (κ3) is 4.24. The molecular weight excluding hydrogens is 414 g/mol. The second-order valence-electron chi connectivity index (χ2n) is 7.98. The van der Waals surface area contributed by atoms with Crippen molar-refractivity contribution in [3.8, 4) is 0 Å². The van der Waals surface area contributed by atoms with Crippen molar-refractivity contribution in [2.24, 2.45) is 0 Å². The number of hydrogen-bond acceptors (Lipinski definition) is 8. The first-order valence-corrected chi connectivity index (χ1v) is 11.3. The van der Waals surface area contributed by atoms with Gasteiger partial charge in [0.15, 0.2) is 5.13 Å². The van der Waals surface area contributed by atoms with Crippen LogP contribution in [-0.2, 0) is 9.59 Å². The Hall–Kier alpha value is -3.04. The van der Waals surface area contributed by atoms with Gasteiger partial charge in [0.2, 0.25) is 11.8 Å². The van der Waals surface area contributed by atoms with Crippen molar-refractivity contribution >= 4 is 55.8 Å². The maximum absolute atomic E-state index is 12.0. The van der Waals surface area contributed by atoms with Gasteiger partial charge in [0.25, 0.3) is 0 Å². The van der Waals surface area contributed by atoms with Gasteiger partial charge < -0.3 is 15.7 Å². The molecule has 3 heterocycles. The highest BCUT2D eigenvalue weighted by Crippen LogP contribution is 2.33. The molecule has 0 bridgehead atoms. The van der Waals surface area contributed by atoms with Gasteiger partial charge in [-0.1, -0.05) is 17.4 Å². The summed E-state index contributed by atoms with van der Waals surface area (Å²) in [5, 5.41) is 17.1. The van der Waals surface area contributed by atoms with Crippen LogP contribution in [0.4, 0.5) is 22.5 Å².